The highest BCUT2D eigenvalue weighted by Gasteiger charge is 2.26. The zero-order valence-electron chi connectivity index (χ0n) is 13.0. The minimum absolute atomic E-state index is 0.0489. The monoisotopic (exact) mass is 311 g/mol. The van der Waals surface area contributed by atoms with Crippen LogP contribution < -0.4 is 10.5 Å². The van der Waals surface area contributed by atoms with Gasteiger partial charge in [-0.1, -0.05) is 12.1 Å². The van der Waals surface area contributed by atoms with Crippen molar-refractivity contribution in [3.8, 4) is 5.75 Å². The average Bonchev–Trinajstić information content (AvgIpc) is 3.10. The predicted octanol–water partition coefficient (Wildman–Crippen LogP) is 2.08. The minimum atomic E-state index is 0.0489. The Morgan fingerprint density at radius 3 is 3.00 bits per heavy atom. The first-order valence-corrected chi connectivity index (χ1v) is 7.87. The fourth-order valence-corrected chi connectivity index (χ4v) is 2.76. The van der Waals surface area contributed by atoms with Crippen LogP contribution in [0.15, 0.2) is 48.8 Å². The van der Waals surface area contributed by atoms with Crippen LogP contribution in [0.3, 0.4) is 0 Å². The molecule has 1 aliphatic heterocycles. The van der Waals surface area contributed by atoms with E-state index >= 15 is 0 Å². The van der Waals surface area contributed by atoms with E-state index in [9.17, 15) is 4.79 Å². The third-order valence-electron chi connectivity index (χ3n) is 4.12. The van der Waals surface area contributed by atoms with Gasteiger partial charge in [-0.05, 0) is 43.1 Å². The molecular weight excluding hydrogens is 290 g/mol. The fourth-order valence-electron chi connectivity index (χ4n) is 2.76. The second kappa shape index (κ2) is 7.24. The van der Waals surface area contributed by atoms with Gasteiger partial charge in [-0.3, -0.25) is 9.78 Å². The lowest BCUT2D eigenvalue weighted by Crippen LogP contribution is -2.29. The topological polar surface area (TPSA) is 68.5 Å². The van der Waals surface area contributed by atoms with Crippen LogP contribution in [-0.4, -0.2) is 35.4 Å². The summed E-state index contributed by atoms with van der Waals surface area (Å²) < 4.78 is 5.76. The maximum absolute atomic E-state index is 12.6. The van der Waals surface area contributed by atoms with Gasteiger partial charge < -0.3 is 15.4 Å². The highest BCUT2D eigenvalue weighted by atomic mass is 16.5. The summed E-state index contributed by atoms with van der Waals surface area (Å²) in [4.78, 5) is 18.5. The van der Waals surface area contributed by atoms with Crippen molar-refractivity contribution in [2.24, 2.45) is 11.7 Å². The Morgan fingerprint density at radius 1 is 1.35 bits per heavy atom. The van der Waals surface area contributed by atoms with Gasteiger partial charge in [-0.2, -0.15) is 0 Å². The maximum atomic E-state index is 12.6. The van der Waals surface area contributed by atoms with E-state index in [-0.39, 0.29) is 5.91 Å². The molecule has 5 heteroatoms. The molecular formula is C18H21N3O2. The van der Waals surface area contributed by atoms with Crippen molar-refractivity contribution in [1.29, 1.82) is 0 Å². The number of hydrogen-bond acceptors (Lipinski definition) is 4. The number of amides is 1. The molecule has 1 saturated heterocycles. The molecule has 0 aliphatic carbocycles. The summed E-state index contributed by atoms with van der Waals surface area (Å²) in [5, 5.41) is 0. The second-order valence-electron chi connectivity index (χ2n) is 5.82. The highest BCUT2D eigenvalue weighted by molar-refractivity contribution is 5.94. The SMILES string of the molecule is NCC1CCN(C(=O)c2cccc(OCc3cccnc3)c2)C1. The molecule has 2 heterocycles. The van der Waals surface area contributed by atoms with Crippen molar-refractivity contribution in [3.05, 3.63) is 59.9 Å². The molecule has 1 unspecified atom stereocenters. The number of carbonyl (C=O) groups excluding carboxylic acids is 1. The zero-order valence-corrected chi connectivity index (χ0v) is 13.0. The lowest BCUT2D eigenvalue weighted by atomic mass is 10.1. The first-order chi connectivity index (χ1) is 11.3. The van der Waals surface area contributed by atoms with Crippen LogP contribution >= 0.6 is 0 Å². The average molecular weight is 311 g/mol. The van der Waals surface area contributed by atoms with E-state index in [1.54, 1.807) is 18.5 Å². The fraction of sp³-hybridized carbons (Fsp3) is 0.333. The molecule has 120 valence electrons. The minimum Gasteiger partial charge on any atom is -0.489 e. The van der Waals surface area contributed by atoms with E-state index in [0.717, 1.165) is 25.1 Å². The summed E-state index contributed by atoms with van der Waals surface area (Å²) in [6.07, 6.45) is 4.49. The van der Waals surface area contributed by atoms with E-state index in [4.69, 9.17) is 10.5 Å². The molecule has 5 nitrogen and oxygen atoms in total. The first kappa shape index (κ1) is 15.5. The van der Waals surface area contributed by atoms with Crippen molar-refractivity contribution in [1.82, 2.24) is 9.88 Å². The largest absolute Gasteiger partial charge is 0.489 e. The molecule has 1 fully saturated rings. The number of nitrogens with two attached hydrogens (primary N) is 1. The highest BCUT2D eigenvalue weighted by Crippen LogP contribution is 2.20. The zero-order chi connectivity index (χ0) is 16.1. The number of benzene rings is 1. The third-order valence-corrected chi connectivity index (χ3v) is 4.12. The summed E-state index contributed by atoms with van der Waals surface area (Å²) in [5.41, 5.74) is 7.34. The van der Waals surface area contributed by atoms with Crippen molar-refractivity contribution in [2.45, 2.75) is 13.0 Å². The van der Waals surface area contributed by atoms with Gasteiger partial charge >= 0.3 is 0 Å². The Bertz CT molecular complexity index is 660. The Hall–Kier alpha value is -2.40. The van der Waals surface area contributed by atoms with Crippen LogP contribution in [0.2, 0.25) is 0 Å². The molecule has 0 spiro atoms. The van der Waals surface area contributed by atoms with Gasteiger partial charge in [0.25, 0.3) is 5.91 Å². The van der Waals surface area contributed by atoms with Gasteiger partial charge in [-0.25, -0.2) is 0 Å². The molecule has 0 bridgehead atoms. The van der Waals surface area contributed by atoms with Gasteiger partial charge in [0.1, 0.15) is 12.4 Å². The maximum Gasteiger partial charge on any atom is 0.253 e. The van der Waals surface area contributed by atoms with E-state index < -0.39 is 0 Å². The third kappa shape index (κ3) is 3.87. The van der Waals surface area contributed by atoms with Crippen LogP contribution in [-0.2, 0) is 6.61 Å². The molecule has 2 N–H and O–H groups in total. The summed E-state index contributed by atoms with van der Waals surface area (Å²) in [7, 11) is 0. The number of ether oxygens (including phenoxy) is 1. The molecule has 1 aliphatic rings. The van der Waals surface area contributed by atoms with Crippen LogP contribution in [0.1, 0.15) is 22.3 Å². The number of pyridine rings is 1. The van der Waals surface area contributed by atoms with Gasteiger partial charge in [-0.15, -0.1) is 0 Å². The van der Waals surface area contributed by atoms with Gasteiger partial charge in [0.2, 0.25) is 0 Å². The summed E-state index contributed by atoms with van der Waals surface area (Å²) in [6, 6.07) is 11.2. The number of rotatable bonds is 5. The van der Waals surface area contributed by atoms with E-state index in [2.05, 4.69) is 4.98 Å². The molecule has 3 rings (SSSR count). The van der Waals surface area contributed by atoms with Crippen molar-refractivity contribution in [3.63, 3.8) is 0 Å². The Labute approximate surface area is 136 Å². The predicted molar refractivity (Wildman–Crippen MR) is 88.1 cm³/mol. The summed E-state index contributed by atoms with van der Waals surface area (Å²) >= 11 is 0. The second-order valence-corrected chi connectivity index (χ2v) is 5.82. The molecule has 23 heavy (non-hydrogen) atoms. The van der Waals surface area contributed by atoms with E-state index in [0.29, 0.717) is 30.4 Å². The molecule has 0 saturated carbocycles. The van der Waals surface area contributed by atoms with Crippen LogP contribution in [0.5, 0.6) is 5.75 Å². The van der Waals surface area contributed by atoms with Gasteiger partial charge in [0, 0.05) is 36.6 Å². The van der Waals surface area contributed by atoms with E-state index in [1.807, 2.05) is 35.2 Å². The van der Waals surface area contributed by atoms with E-state index in [1.165, 1.54) is 0 Å². The molecule has 1 aromatic heterocycles. The molecule has 0 radical (unpaired) electrons. The Balaban J connectivity index is 1.64. The summed E-state index contributed by atoms with van der Waals surface area (Å²) in [6.45, 7) is 2.60. The standard InChI is InChI=1S/C18H21N3O2/c19-10-14-6-8-21(12-14)18(22)16-4-1-5-17(9-16)23-13-15-3-2-7-20-11-15/h1-5,7,9,11,14H,6,8,10,12-13,19H2. The molecule has 1 aromatic carbocycles. The first-order valence-electron chi connectivity index (χ1n) is 7.87. The van der Waals surface area contributed by atoms with Crippen LogP contribution in [0, 0.1) is 5.92 Å². The van der Waals surface area contributed by atoms with Crippen molar-refractivity contribution in [2.75, 3.05) is 19.6 Å². The molecule has 2 aromatic rings. The van der Waals surface area contributed by atoms with Gasteiger partial charge in [0.15, 0.2) is 0 Å². The normalized spacial score (nSPS) is 17.3. The number of nitrogens with zero attached hydrogens (tertiary/aromatic N) is 2. The lowest BCUT2D eigenvalue weighted by molar-refractivity contribution is 0.0787. The van der Waals surface area contributed by atoms with Crippen LogP contribution in [0.4, 0.5) is 0 Å². The lowest BCUT2D eigenvalue weighted by Gasteiger charge is -2.17. The number of likely N-dealkylation sites (tertiary alicyclic amines) is 1. The van der Waals surface area contributed by atoms with Gasteiger partial charge in [0.05, 0.1) is 0 Å². The molecule has 1 atom stereocenters. The smallest absolute Gasteiger partial charge is 0.253 e. The molecule has 1 amide bonds. The van der Waals surface area contributed by atoms with Crippen LogP contribution in [0.25, 0.3) is 0 Å². The van der Waals surface area contributed by atoms with Crippen molar-refractivity contribution >= 4 is 5.91 Å². The number of carbonyl (C=O) groups is 1. The Morgan fingerprint density at radius 2 is 2.26 bits per heavy atom. The number of hydrogen-bond donors (Lipinski definition) is 1. The number of aromatic nitrogens is 1. The summed E-state index contributed by atoms with van der Waals surface area (Å²) in [5.74, 6) is 1.16. The van der Waals surface area contributed by atoms with Crippen molar-refractivity contribution < 1.29 is 9.53 Å². The Kier molecular flexibility index (Phi) is 4.88. The quantitative estimate of drug-likeness (QED) is 0.918.